The number of halogens is 1. The van der Waals surface area contributed by atoms with Gasteiger partial charge in [0.2, 0.25) is 0 Å². The highest BCUT2D eigenvalue weighted by Gasteiger charge is 2.33. The molecule has 0 saturated heterocycles. The number of para-hydroxylation sites is 1. The molecule has 0 saturated carbocycles. The molecular weight excluding hydrogens is 307 g/mol. The highest BCUT2D eigenvalue weighted by Crippen LogP contribution is 2.31. The molecule has 5 heteroatoms. The number of benzene rings is 2. The molecule has 3 rings (SSSR count). The first kappa shape index (κ1) is 16.2. The molecule has 1 aliphatic rings. The second-order valence-electron chi connectivity index (χ2n) is 5.95. The molecule has 1 atom stereocenters. The third-order valence-corrected chi connectivity index (χ3v) is 4.26. The van der Waals surface area contributed by atoms with Crippen LogP contribution in [0.2, 0.25) is 0 Å². The number of carbonyl (C=O) groups excluding carboxylic acids is 2. The molecule has 2 amide bonds. The molecule has 1 aliphatic heterocycles. The summed E-state index contributed by atoms with van der Waals surface area (Å²) in [5.74, 6) is -1.53. The van der Waals surface area contributed by atoms with Gasteiger partial charge in [0.1, 0.15) is 5.82 Å². The zero-order chi connectivity index (χ0) is 17.1. The number of anilines is 1. The Labute approximate surface area is 140 Å². The molecule has 1 unspecified atom stereocenters. The summed E-state index contributed by atoms with van der Waals surface area (Å²) in [6.07, 6.45) is 1.09. The van der Waals surface area contributed by atoms with Crippen LogP contribution in [0.4, 0.5) is 10.1 Å². The molecule has 1 heterocycles. The van der Waals surface area contributed by atoms with E-state index >= 15 is 0 Å². The number of nitrogens with zero attached hydrogens (tertiary/aromatic N) is 1. The fraction of sp³-hybridized carbons (Fsp3) is 0.263. The summed E-state index contributed by atoms with van der Waals surface area (Å²) < 4.78 is 13.5. The van der Waals surface area contributed by atoms with Crippen LogP contribution in [0.25, 0.3) is 0 Å². The minimum Gasteiger partial charge on any atom is -0.347 e. The Bertz CT molecular complexity index is 775. The zero-order valence-electron chi connectivity index (χ0n) is 13.5. The van der Waals surface area contributed by atoms with Crippen LogP contribution in [0.5, 0.6) is 0 Å². The Morgan fingerprint density at radius 1 is 1.17 bits per heavy atom. The number of hydrogen-bond donors (Lipinski definition) is 1. The van der Waals surface area contributed by atoms with Gasteiger partial charge in [-0.25, -0.2) is 4.39 Å². The molecule has 1 N–H and O–H groups in total. The molecule has 0 bridgehead atoms. The van der Waals surface area contributed by atoms with E-state index in [1.807, 2.05) is 31.2 Å². The van der Waals surface area contributed by atoms with Gasteiger partial charge >= 0.3 is 11.8 Å². The number of carbonyl (C=O) groups is 2. The maximum Gasteiger partial charge on any atom is 0.316 e. The first-order chi connectivity index (χ1) is 11.6. The third-order valence-electron chi connectivity index (χ3n) is 4.26. The van der Waals surface area contributed by atoms with E-state index in [1.165, 1.54) is 11.0 Å². The highest BCUT2D eigenvalue weighted by molar-refractivity contribution is 6.40. The Hall–Kier alpha value is -2.69. The lowest BCUT2D eigenvalue weighted by Crippen LogP contribution is -2.46. The number of hydrogen-bond acceptors (Lipinski definition) is 2. The van der Waals surface area contributed by atoms with Gasteiger partial charge in [-0.3, -0.25) is 9.59 Å². The first-order valence-corrected chi connectivity index (χ1v) is 8.00. The SMILES string of the molecule is CC1Cc2ccccc2N1C(=O)C(=O)NCCc1ccccc1F. The van der Waals surface area contributed by atoms with Gasteiger partial charge in [0.25, 0.3) is 0 Å². The van der Waals surface area contributed by atoms with Gasteiger partial charge in [-0.15, -0.1) is 0 Å². The molecule has 124 valence electrons. The Kier molecular flexibility index (Phi) is 4.60. The smallest absolute Gasteiger partial charge is 0.316 e. The van der Waals surface area contributed by atoms with Crippen LogP contribution in [0.3, 0.4) is 0 Å². The lowest BCUT2D eigenvalue weighted by atomic mass is 10.1. The minimum absolute atomic E-state index is 0.0489. The molecule has 0 aliphatic carbocycles. The van der Waals surface area contributed by atoms with Crippen molar-refractivity contribution in [2.24, 2.45) is 0 Å². The second kappa shape index (κ2) is 6.83. The molecule has 0 fully saturated rings. The molecule has 24 heavy (non-hydrogen) atoms. The summed E-state index contributed by atoms with van der Waals surface area (Å²) in [5, 5.41) is 2.59. The number of nitrogens with one attached hydrogen (secondary N) is 1. The van der Waals surface area contributed by atoms with Crippen molar-refractivity contribution in [1.82, 2.24) is 5.32 Å². The standard InChI is InChI=1S/C19H19FN2O2/c1-13-12-15-7-3-5-9-17(15)22(13)19(24)18(23)21-11-10-14-6-2-4-8-16(14)20/h2-9,13H,10-12H2,1H3,(H,21,23). The Balaban J connectivity index is 1.61. The summed E-state index contributed by atoms with van der Waals surface area (Å²) in [5.41, 5.74) is 2.38. The summed E-state index contributed by atoms with van der Waals surface area (Å²) in [4.78, 5) is 26.2. The van der Waals surface area contributed by atoms with Crippen molar-refractivity contribution < 1.29 is 14.0 Å². The van der Waals surface area contributed by atoms with Crippen LogP contribution in [-0.2, 0) is 22.4 Å². The van der Waals surface area contributed by atoms with E-state index in [4.69, 9.17) is 0 Å². The first-order valence-electron chi connectivity index (χ1n) is 8.00. The lowest BCUT2D eigenvalue weighted by molar-refractivity contribution is -0.137. The summed E-state index contributed by atoms with van der Waals surface area (Å²) in [7, 11) is 0. The van der Waals surface area contributed by atoms with Crippen molar-refractivity contribution in [1.29, 1.82) is 0 Å². The van der Waals surface area contributed by atoms with Crippen molar-refractivity contribution >= 4 is 17.5 Å². The predicted molar refractivity (Wildman–Crippen MR) is 90.2 cm³/mol. The summed E-state index contributed by atoms with van der Waals surface area (Å²) in [6, 6.07) is 14.0. The maximum atomic E-state index is 13.5. The van der Waals surface area contributed by atoms with Gasteiger partial charge in [-0.1, -0.05) is 36.4 Å². The number of fused-ring (bicyclic) bond motifs is 1. The predicted octanol–water partition coefficient (Wildman–Crippen LogP) is 2.46. The molecule has 0 radical (unpaired) electrons. The van der Waals surface area contributed by atoms with E-state index in [2.05, 4.69) is 5.32 Å². The van der Waals surface area contributed by atoms with Crippen LogP contribution in [0.15, 0.2) is 48.5 Å². The largest absolute Gasteiger partial charge is 0.347 e. The number of rotatable bonds is 3. The average Bonchev–Trinajstić information content (AvgIpc) is 2.91. The van der Waals surface area contributed by atoms with E-state index in [0.29, 0.717) is 12.0 Å². The maximum absolute atomic E-state index is 13.5. The summed E-state index contributed by atoms with van der Waals surface area (Å²) >= 11 is 0. The van der Waals surface area contributed by atoms with Gasteiger partial charge < -0.3 is 10.2 Å². The van der Waals surface area contributed by atoms with Crippen molar-refractivity contribution in [3.63, 3.8) is 0 Å². The van der Waals surface area contributed by atoms with Gasteiger partial charge in [0, 0.05) is 18.3 Å². The quantitative estimate of drug-likeness (QED) is 0.881. The van der Waals surface area contributed by atoms with Gasteiger partial charge in [-0.05, 0) is 43.0 Å². The van der Waals surface area contributed by atoms with Crippen LogP contribution >= 0.6 is 0 Å². The average molecular weight is 326 g/mol. The highest BCUT2D eigenvalue weighted by atomic mass is 19.1. The van der Waals surface area contributed by atoms with E-state index in [1.54, 1.807) is 18.2 Å². The van der Waals surface area contributed by atoms with E-state index in [0.717, 1.165) is 17.7 Å². The van der Waals surface area contributed by atoms with Crippen molar-refractivity contribution in [2.75, 3.05) is 11.4 Å². The topological polar surface area (TPSA) is 49.4 Å². The van der Waals surface area contributed by atoms with Crippen LogP contribution in [0.1, 0.15) is 18.1 Å². The van der Waals surface area contributed by atoms with Gasteiger partial charge in [-0.2, -0.15) is 0 Å². The Morgan fingerprint density at radius 2 is 1.88 bits per heavy atom. The van der Waals surface area contributed by atoms with E-state index < -0.39 is 11.8 Å². The molecular formula is C19H19FN2O2. The van der Waals surface area contributed by atoms with Crippen LogP contribution in [-0.4, -0.2) is 24.4 Å². The van der Waals surface area contributed by atoms with E-state index in [-0.39, 0.29) is 18.4 Å². The zero-order valence-corrected chi connectivity index (χ0v) is 13.5. The van der Waals surface area contributed by atoms with Crippen molar-refractivity contribution in [3.8, 4) is 0 Å². The normalized spacial score (nSPS) is 15.9. The van der Waals surface area contributed by atoms with Crippen LogP contribution < -0.4 is 10.2 Å². The molecule has 2 aromatic rings. The summed E-state index contributed by atoms with van der Waals surface area (Å²) in [6.45, 7) is 2.14. The van der Waals surface area contributed by atoms with Crippen LogP contribution in [0, 0.1) is 5.82 Å². The molecule has 0 spiro atoms. The minimum atomic E-state index is -0.658. The number of amides is 2. The van der Waals surface area contributed by atoms with Crippen molar-refractivity contribution in [2.45, 2.75) is 25.8 Å². The van der Waals surface area contributed by atoms with E-state index in [9.17, 15) is 14.0 Å². The fourth-order valence-electron chi connectivity index (χ4n) is 3.07. The second-order valence-corrected chi connectivity index (χ2v) is 5.95. The third kappa shape index (κ3) is 3.15. The van der Waals surface area contributed by atoms with Gasteiger partial charge in [0.15, 0.2) is 0 Å². The monoisotopic (exact) mass is 326 g/mol. The van der Waals surface area contributed by atoms with Crippen molar-refractivity contribution in [3.05, 3.63) is 65.5 Å². The molecule has 2 aromatic carbocycles. The molecule has 4 nitrogen and oxygen atoms in total. The fourth-order valence-corrected chi connectivity index (χ4v) is 3.07. The Morgan fingerprint density at radius 3 is 2.67 bits per heavy atom. The molecule has 0 aromatic heterocycles. The lowest BCUT2D eigenvalue weighted by Gasteiger charge is -2.22. The van der Waals surface area contributed by atoms with Gasteiger partial charge in [0.05, 0.1) is 0 Å².